The minimum atomic E-state index is 0.259. The first-order valence-corrected chi connectivity index (χ1v) is 7.70. The van der Waals surface area contributed by atoms with Crippen molar-refractivity contribution in [3.63, 3.8) is 0 Å². The molecular formula is C15H25N5O. The van der Waals surface area contributed by atoms with Gasteiger partial charge >= 0.3 is 0 Å². The van der Waals surface area contributed by atoms with Crippen LogP contribution >= 0.6 is 0 Å². The second-order valence-electron chi connectivity index (χ2n) is 5.63. The maximum Gasteiger partial charge on any atom is 0.225 e. The third-order valence-corrected chi connectivity index (χ3v) is 3.59. The number of nitrogens with zero attached hydrogens (tertiary/aromatic N) is 4. The summed E-state index contributed by atoms with van der Waals surface area (Å²) in [6.45, 7) is 8.27. The molecule has 1 aliphatic rings. The number of piperazine rings is 1. The molecule has 1 amide bonds. The number of anilines is 1. The number of amides is 1. The number of carbonyl (C=O) groups excluding carboxylic acids is 1. The molecule has 1 N–H and O–H groups in total. The fourth-order valence-corrected chi connectivity index (χ4v) is 2.40. The van der Waals surface area contributed by atoms with Crippen LogP contribution in [0.5, 0.6) is 0 Å². The van der Waals surface area contributed by atoms with Crippen molar-refractivity contribution in [2.24, 2.45) is 0 Å². The zero-order valence-corrected chi connectivity index (χ0v) is 13.0. The van der Waals surface area contributed by atoms with Crippen molar-refractivity contribution in [1.82, 2.24) is 20.2 Å². The van der Waals surface area contributed by atoms with E-state index in [4.69, 9.17) is 0 Å². The Hall–Kier alpha value is -1.69. The zero-order chi connectivity index (χ0) is 15.1. The minimum absolute atomic E-state index is 0.259. The first-order valence-electron chi connectivity index (χ1n) is 7.70. The molecular weight excluding hydrogens is 266 g/mol. The number of hydrogen-bond acceptors (Lipinski definition) is 5. The fourth-order valence-electron chi connectivity index (χ4n) is 2.40. The number of hydrogen-bond donors (Lipinski definition) is 1. The average molecular weight is 291 g/mol. The molecule has 0 saturated carbocycles. The van der Waals surface area contributed by atoms with Crippen LogP contribution in [-0.4, -0.2) is 59.5 Å². The highest BCUT2D eigenvalue weighted by molar-refractivity contribution is 5.76. The molecule has 2 heterocycles. The molecule has 0 aromatic carbocycles. The Labute approximate surface area is 126 Å². The summed E-state index contributed by atoms with van der Waals surface area (Å²) in [5, 5.41) is 3.34. The van der Waals surface area contributed by atoms with Gasteiger partial charge < -0.3 is 15.1 Å². The number of rotatable bonds is 6. The van der Waals surface area contributed by atoms with Crippen LogP contribution in [0.2, 0.25) is 0 Å². The predicted molar refractivity (Wildman–Crippen MR) is 83.2 cm³/mol. The van der Waals surface area contributed by atoms with Gasteiger partial charge in [-0.3, -0.25) is 4.79 Å². The topological polar surface area (TPSA) is 61.4 Å². The van der Waals surface area contributed by atoms with Crippen molar-refractivity contribution in [3.05, 3.63) is 18.5 Å². The van der Waals surface area contributed by atoms with E-state index in [2.05, 4.69) is 34.0 Å². The van der Waals surface area contributed by atoms with Crippen LogP contribution in [0.25, 0.3) is 0 Å². The summed E-state index contributed by atoms with van der Waals surface area (Å²) in [6.07, 6.45) is 5.03. The molecule has 1 aromatic rings. The lowest BCUT2D eigenvalue weighted by Gasteiger charge is -2.34. The Morgan fingerprint density at radius 1 is 1.24 bits per heavy atom. The van der Waals surface area contributed by atoms with E-state index in [0.29, 0.717) is 12.5 Å². The van der Waals surface area contributed by atoms with Crippen LogP contribution in [0.3, 0.4) is 0 Å². The van der Waals surface area contributed by atoms with Crippen LogP contribution in [0.15, 0.2) is 18.5 Å². The van der Waals surface area contributed by atoms with E-state index in [1.165, 1.54) is 0 Å². The fraction of sp³-hybridized carbons (Fsp3) is 0.667. The van der Waals surface area contributed by atoms with Crippen LogP contribution in [0, 0.1) is 0 Å². The lowest BCUT2D eigenvalue weighted by atomic mass is 10.2. The first-order chi connectivity index (χ1) is 10.2. The second kappa shape index (κ2) is 7.93. The van der Waals surface area contributed by atoms with E-state index in [0.717, 1.165) is 45.1 Å². The predicted octanol–water partition coefficient (Wildman–Crippen LogP) is 0.903. The molecule has 0 spiro atoms. The van der Waals surface area contributed by atoms with Gasteiger partial charge in [-0.05, 0) is 19.0 Å². The molecule has 21 heavy (non-hydrogen) atoms. The molecule has 1 fully saturated rings. The van der Waals surface area contributed by atoms with Crippen LogP contribution in [-0.2, 0) is 4.79 Å². The van der Waals surface area contributed by atoms with Crippen molar-refractivity contribution < 1.29 is 4.79 Å². The molecule has 0 bridgehead atoms. The average Bonchev–Trinajstić information content (AvgIpc) is 2.52. The number of nitrogens with one attached hydrogen (secondary N) is 1. The van der Waals surface area contributed by atoms with Gasteiger partial charge in [0.25, 0.3) is 0 Å². The lowest BCUT2D eigenvalue weighted by Crippen LogP contribution is -2.49. The summed E-state index contributed by atoms with van der Waals surface area (Å²) in [5.74, 6) is 1.01. The molecule has 1 aliphatic heterocycles. The molecule has 0 unspecified atom stereocenters. The molecule has 116 valence electrons. The van der Waals surface area contributed by atoms with E-state index < -0.39 is 0 Å². The van der Waals surface area contributed by atoms with Gasteiger partial charge in [0, 0.05) is 51.0 Å². The van der Waals surface area contributed by atoms with Gasteiger partial charge in [0.05, 0.1) is 0 Å². The van der Waals surface area contributed by atoms with Crippen molar-refractivity contribution >= 4 is 11.9 Å². The van der Waals surface area contributed by atoms with Gasteiger partial charge in [-0.25, -0.2) is 9.97 Å². The molecule has 6 heteroatoms. The van der Waals surface area contributed by atoms with Gasteiger partial charge in [0.2, 0.25) is 11.9 Å². The summed E-state index contributed by atoms with van der Waals surface area (Å²) < 4.78 is 0. The van der Waals surface area contributed by atoms with Gasteiger partial charge in [-0.15, -0.1) is 0 Å². The Morgan fingerprint density at radius 3 is 2.52 bits per heavy atom. The monoisotopic (exact) mass is 291 g/mol. The standard InChI is InChI=1S/C15H25N5O/c1-13(2)16-6-3-5-14(21)19-9-11-20(12-10-19)15-17-7-4-8-18-15/h4,7-8,13,16H,3,5-6,9-12H2,1-2H3. The minimum Gasteiger partial charge on any atom is -0.339 e. The van der Waals surface area contributed by atoms with Crippen molar-refractivity contribution in [2.75, 3.05) is 37.6 Å². The molecule has 2 rings (SSSR count). The maximum atomic E-state index is 12.1. The quantitative estimate of drug-likeness (QED) is 0.789. The van der Waals surface area contributed by atoms with Gasteiger partial charge in [0.1, 0.15) is 0 Å². The third kappa shape index (κ3) is 4.97. The molecule has 0 atom stereocenters. The Bertz CT molecular complexity index is 429. The van der Waals surface area contributed by atoms with E-state index in [9.17, 15) is 4.79 Å². The third-order valence-electron chi connectivity index (χ3n) is 3.59. The molecule has 1 saturated heterocycles. The van der Waals surface area contributed by atoms with E-state index in [1.54, 1.807) is 12.4 Å². The van der Waals surface area contributed by atoms with E-state index in [-0.39, 0.29) is 5.91 Å². The Balaban J connectivity index is 1.70. The summed E-state index contributed by atoms with van der Waals surface area (Å²) >= 11 is 0. The summed E-state index contributed by atoms with van der Waals surface area (Å²) in [5.41, 5.74) is 0. The maximum absolute atomic E-state index is 12.1. The summed E-state index contributed by atoms with van der Waals surface area (Å²) in [7, 11) is 0. The van der Waals surface area contributed by atoms with Gasteiger partial charge in [-0.2, -0.15) is 0 Å². The highest BCUT2D eigenvalue weighted by Gasteiger charge is 2.21. The van der Waals surface area contributed by atoms with Crippen LogP contribution in [0.4, 0.5) is 5.95 Å². The van der Waals surface area contributed by atoms with E-state index >= 15 is 0 Å². The normalized spacial score (nSPS) is 15.6. The highest BCUT2D eigenvalue weighted by atomic mass is 16.2. The number of carbonyl (C=O) groups is 1. The van der Waals surface area contributed by atoms with E-state index in [1.807, 2.05) is 11.0 Å². The van der Waals surface area contributed by atoms with Crippen molar-refractivity contribution in [1.29, 1.82) is 0 Å². The highest BCUT2D eigenvalue weighted by Crippen LogP contribution is 2.10. The van der Waals surface area contributed by atoms with Crippen molar-refractivity contribution in [2.45, 2.75) is 32.7 Å². The van der Waals surface area contributed by atoms with Crippen LogP contribution in [0.1, 0.15) is 26.7 Å². The van der Waals surface area contributed by atoms with Gasteiger partial charge in [0.15, 0.2) is 0 Å². The molecule has 1 aromatic heterocycles. The summed E-state index contributed by atoms with van der Waals surface area (Å²) in [4.78, 5) is 24.7. The smallest absolute Gasteiger partial charge is 0.225 e. The summed E-state index contributed by atoms with van der Waals surface area (Å²) in [6, 6.07) is 2.29. The van der Waals surface area contributed by atoms with Crippen molar-refractivity contribution in [3.8, 4) is 0 Å². The Morgan fingerprint density at radius 2 is 1.90 bits per heavy atom. The molecule has 0 aliphatic carbocycles. The Kier molecular flexibility index (Phi) is 5.92. The number of aromatic nitrogens is 2. The second-order valence-corrected chi connectivity index (χ2v) is 5.63. The SMILES string of the molecule is CC(C)NCCCC(=O)N1CCN(c2ncccn2)CC1. The van der Waals surface area contributed by atoms with Crippen LogP contribution < -0.4 is 10.2 Å². The van der Waals surface area contributed by atoms with Gasteiger partial charge in [-0.1, -0.05) is 13.8 Å². The largest absolute Gasteiger partial charge is 0.339 e. The first kappa shape index (κ1) is 15.7. The molecule has 6 nitrogen and oxygen atoms in total. The lowest BCUT2D eigenvalue weighted by molar-refractivity contribution is -0.131. The zero-order valence-electron chi connectivity index (χ0n) is 13.0. The molecule has 0 radical (unpaired) electrons.